The molecule has 0 aliphatic carbocycles. The second-order valence-corrected chi connectivity index (χ2v) is 7.99. The number of aliphatic hydroxyl groups excluding tert-OH is 1. The van der Waals surface area contributed by atoms with Crippen molar-refractivity contribution in [1.82, 2.24) is 20.2 Å². The first-order chi connectivity index (χ1) is 15.2. The van der Waals surface area contributed by atoms with E-state index in [1.807, 2.05) is 30.5 Å². The van der Waals surface area contributed by atoms with Gasteiger partial charge in [-0.25, -0.2) is 4.98 Å². The fourth-order valence-corrected chi connectivity index (χ4v) is 4.25. The lowest BCUT2D eigenvalue weighted by Gasteiger charge is -2.34. The van der Waals surface area contributed by atoms with Gasteiger partial charge in [-0.1, -0.05) is 18.2 Å². The molecule has 1 aromatic carbocycles. The number of nitrogens with zero attached hydrogens (tertiary/aromatic N) is 4. The Morgan fingerprint density at radius 3 is 2.94 bits per heavy atom. The average molecular weight is 415 g/mol. The van der Waals surface area contributed by atoms with E-state index in [9.17, 15) is 5.11 Å². The number of aryl methyl sites for hydroxylation is 1. The number of aromatic nitrogens is 4. The summed E-state index contributed by atoms with van der Waals surface area (Å²) in [5, 5.41) is 17.9. The zero-order valence-corrected chi connectivity index (χ0v) is 17.7. The first-order valence-corrected chi connectivity index (χ1v) is 10.5. The second-order valence-electron chi connectivity index (χ2n) is 7.99. The van der Waals surface area contributed by atoms with Crippen LogP contribution in [0.4, 0.5) is 5.82 Å². The molecule has 0 amide bonds. The summed E-state index contributed by atoms with van der Waals surface area (Å²) in [6.07, 6.45) is 3.61. The maximum Gasteiger partial charge on any atom is 0.130 e. The number of morpholine rings is 1. The standard InChI is InChI=1S/C24H25N5O2/c1-15-12-25-23(20-6-7-26-28-20)24-22(15)19(18-5-3-4-17(10-18)13-30)11-21(27-24)29-8-9-31-14-16(29)2/h3-7,10-12,16,30H,8-9,13-14H2,1-2H3,(H,26,28). The summed E-state index contributed by atoms with van der Waals surface area (Å²) < 4.78 is 5.65. The quantitative estimate of drug-likeness (QED) is 0.528. The zero-order valence-electron chi connectivity index (χ0n) is 17.7. The van der Waals surface area contributed by atoms with Crippen LogP contribution in [0, 0.1) is 6.92 Å². The Kier molecular flexibility index (Phi) is 5.13. The Bertz CT molecular complexity index is 1220. The Labute approximate surface area is 180 Å². The molecule has 2 N–H and O–H groups in total. The highest BCUT2D eigenvalue weighted by Crippen LogP contribution is 2.37. The molecule has 1 fully saturated rings. The molecular formula is C24H25N5O2. The predicted molar refractivity (Wildman–Crippen MR) is 121 cm³/mol. The SMILES string of the molecule is Cc1cnc(-c2ccn[nH]2)c2nc(N3CCOCC3C)cc(-c3cccc(CO)c3)c12. The van der Waals surface area contributed by atoms with Gasteiger partial charge in [0.2, 0.25) is 0 Å². The van der Waals surface area contributed by atoms with Crippen molar-refractivity contribution in [3.8, 4) is 22.5 Å². The van der Waals surface area contributed by atoms with Crippen LogP contribution in [0.1, 0.15) is 18.1 Å². The molecule has 7 nitrogen and oxygen atoms in total. The number of rotatable bonds is 4. The lowest BCUT2D eigenvalue weighted by molar-refractivity contribution is 0.0986. The molecule has 0 radical (unpaired) electrons. The summed E-state index contributed by atoms with van der Waals surface area (Å²) in [6.45, 7) is 6.36. The van der Waals surface area contributed by atoms with Crippen molar-refractivity contribution in [2.75, 3.05) is 24.7 Å². The molecule has 1 atom stereocenters. The summed E-state index contributed by atoms with van der Waals surface area (Å²) >= 11 is 0. The highest BCUT2D eigenvalue weighted by atomic mass is 16.5. The lowest BCUT2D eigenvalue weighted by Crippen LogP contribution is -2.44. The van der Waals surface area contributed by atoms with Gasteiger partial charge in [0.1, 0.15) is 17.0 Å². The maximum absolute atomic E-state index is 9.68. The van der Waals surface area contributed by atoms with Crippen molar-refractivity contribution < 1.29 is 9.84 Å². The van der Waals surface area contributed by atoms with E-state index in [0.717, 1.165) is 56.9 Å². The largest absolute Gasteiger partial charge is 0.392 e. The van der Waals surface area contributed by atoms with Crippen LogP contribution in [0.3, 0.4) is 0 Å². The van der Waals surface area contributed by atoms with Crippen LogP contribution in [-0.2, 0) is 11.3 Å². The number of H-pyrrole nitrogens is 1. The van der Waals surface area contributed by atoms with Crippen molar-refractivity contribution in [2.24, 2.45) is 0 Å². The topological polar surface area (TPSA) is 87.2 Å². The number of aromatic amines is 1. The van der Waals surface area contributed by atoms with Gasteiger partial charge in [-0.2, -0.15) is 5.10 Å². The second kappa shape index (κ2) is 8.09. The molecule has 0 bridgehead atoms. The summed E-state index contributed by atoms with van der Waals surface area (Å²) in [6, 6.07) is 12.3. The summed E-state index contributed by atoms with van der Waals surface area (Å²) in [5.74, 6) is 0.904. The third-order valence-electron chi connectivity index (χ3n) is 5.85. The minimum atomic E-state index is 0.00411. The van der Waals surface area contributed by atoms with Gasteiger partial charge >= 0.3 is 0 Å². The summed E-state index contributed by atoms with van der Waals surface area (Å²) in [4.78, 5) is 12.1. The van der Waals surface area contributed by atoms with E-state index >= 15 is 0 Å². The van der Waals surface area contributed by atoms with Gasteiger partial charge in [0, 0.05) is 24.3 Å². The monoisotopic (exact) mass is 415 g/mol. The van der Waals surface area contributed by atoms with E-state index in [1.165, 1.54) is 0 Å². The number of fused-ring (bicyclic) bond motifs is 1. The summed E-state index contributed by atoms with van der Waals surface area (Å²) in [5.41, 5.74) is 6.51. The molecule has 5 rings (SSSR count). The Morgan fingerprint density at radius 2 is 2.16 bits per heavy atom. The Hall–Kier alpha value is -3.29. The minimum Gasteiger partial charge on any atom is -0.392 e. The molecular weight excluding hydrogens is 390 g/mol. The van der Waals surface area contributed by atoms with Crippen molar-refractivity contribution in [2.45, 2.75) is 26.5 Å². The number of pyridine rings is 2. The third-order valence-corrected chi connectivity index (χ3v) is 5.85. The fraction of sp³-hybridized carbons (Fsp3) is 0.292. The molecule has 1 saturated heterocycles. The smallest absolute Gasteiger partial charge is 0.130 e. The molecule has 0 saturated carbocycles. The number of aliphatic hydroxyl groups is 1. The first-order valence-electron chi connectivity index (χ1n) is 10.5. The van der Waals surface area contributed by atoms with E-state index < -0.39 is 0 Å². The van der Waals surface area contributed by atoms with Gasteiger partial charge in [0.05, 0.1) is 31.6 Å². The van der Waals surface area contributed by atoms with E-state index in [-0.39, 0.29) is 12.6 Å². The first kappa shape index (κ1) is 19.7. The van der Waals surface area contributed by atoms with E-state index in [2.05, 4.69) is 41.1 Å². The fourth-order valence-electron chi connectivity index (χ4n) is 4.25. The van der Waals surface area contributed by atoms with Crippen LogP contribution in [0.5, 0.6) is 0 Å². The molecule has 4 aromatic rings. The molecule has 1 unspecified atom stereocenters. The van der Waals surface area contributed by atoms with E-state index in [1.54, 1.807) is 6.20 Å². The van der Waals surface area contributed by atoms with Crippen LogP contribution in [0.15, 0.2) is 48.8 Å². The number of benzene rings is 1. The van der Waals surface area contributed by atoms with Crippen molar-refractivity contribution in [3.05, 3.63) is 59.9 Å². The highest BCUT2D eigenvalue weighted by Gasteiger charge is 2.23. The van der Waals surface area contributed by atoms with Crippen molar-refractivity contribution in [1.29, 1.82) is 0 Å². The van der Waals surface area contributed by atoms with Gasteiger partial charge in [0.25, 0.3) is 0 Å². The number of ether oxygens (including phenoxy) is 1. The Balaban J connectivity index is 1.82. The Morgan fingerprint density at radius 1 is 1.26 bits per heavy atom. The predicted octanol–water partition coefficient (Wildman–Crippen LogP) is 3.71. The van der Waals surface area contributed by atoms with Crippen molar-refractivity contribution >= 4 is 16.7 Å². The van der Waals surface area contributed by atoms with Crippen LogP contribution in [-0.4, -0.2) is 51.1 Å². The lowest BCUT2D eigenvalue weighted by atomic mass is 9.96. The molecule has 1 aliphatic heterocycles. The maximum atomic E-state index is 9.68. The van der Waals surface area contributed by atoms with E-state index in [0.29, 0.717) is 13.2 Å². The third kappa shape index (κ3) is 3.56. The number of nitrogens with one attached hydrogen (secondary N) is 1. The number of hydrogen-bond acceptors (Lipinski definition) is 6. The molecule has 158 valence electrons. The zero-order chi connectivity index (χ0) is 21.4. The van der Waals surface area contributed by atoms with Crippen LogP contribution in [0.25, 0.3) is 33.4 Å². The van der Waals surface area contributed by atoms with Gasteiger partial charge in [-0.3, -0.25) is 10.1 Å². The minimum absolute atomic E-state index is 0.00411. The van der Waals surface area contributed by atoms with E-state index in [4.69, 9.17) is 14.7 Å². The van der Waals surface area contributed by atoms with Crippen LogP contribution in [0.2, 0.25) is 0 Å². The van der Waals surface area contributed by atoms with Gasteiger partial charge in [0.15, 0.2) is 0 Å². The van der Waals surface area contributed by atoms with Gasteiger partial charge in [-0.15, -0.1) is 0 Å². The molecule has 7 heteroatoms. The summed E-state index contributed by atoms with van der Waals surface area (Å²) in [7, 11) is 0. The van der Waals surface area contributed by atoms with Crippen LogP contribution < -0.4 is 4.90 Å². The van der Waals surface area contributed by atoms with Crippen LogP contribution >= 0.6 is 0 Å². The average Bonchev–Trinajstić information content (AvgIpc) is 3.33. The number of hydrogen-bond donors (Lipinski definition) is 2. The van der Waals surface area contributed by atoms with Gasteiger partial charge in [-0.05, 0) is 54.3 Å². The van der Waals surface area contributed by atoms with Gasteiger partial charge < -0.3 is 14.7 Å². The number of anilines is 1. The van der Waals surface area contributed by atoms with Crippen molar-refractivity contribution in [3.63, 3.8) is 0 Å². The molecule has 31 heavy (non-hydrogen) atoms. The highest BCUT2D eigenvalue weighted by molar-refractivity contribution is 6.03. The molecule has 1 aliphatic rings. The molecule has 4 heterocycles. The normalized spacial score (nSPS) is 16.7. The molecule has 0 spiro atoms. The molecule has 3 aromatic heterocycles.